The fraction of sp³-hybridized carbons (Fsp3) is 0.375. The van der Waals surface area contributed by atoms with Crippen molar-refractivity contribution in [2.45, 2.75) is 20.3 Å². The molecular formula is C16H22ClFN4O. The van der Waals surface area contributed by atoms with Gasteiger partial charge in [0.2, 0.25) is 0 Å². The van der Waals surface area contributed by atoms with Gasteiger partial charge in [0.05, 0.1) is 22.6 Å². The highest BCUT2D eigenvalue weighted by molar-refractivity contribution is 5.96. The highest BCUT2D eigenvalue weighted by Crippen LogP contribution is 2.18. The van der Waals surface area contributed by atoms with Gasteiger partial charge in [-0.1, -0.05) is 0 Å². The summed E-state index contributed by atoms with van der Waals surface area (Å²) in [6.45, 7) is 5.11. The fourth-order valence-corrected chi connectivity index (χ4v) is 2.36. The van der Waals surface area contributed by atoms with Crippen LogP contribution in [0.25, 0.3) is 5.69 Å². The van der Waals surface area contributed by atoms with Crippen LogP contribution in [-0.4, -0.2) is 35.8 Å². The molecule has 5 nitrogen and oxygen atoms in total. The lowest BCUT2D eigenvalue weighted by Gasteiger charge is -2.07. The molecule has 7 heteroatoms. The Kier molecular flexibility index (Phi) is 7.19. The van der Waals surface area contributed by atoms with Gasteiger partial charge in [-0.15, -0.1) is 12.4 Å². The minimum Gasteiger partial charge on any atom is -0.352 e. The van der Waals surface area contributed by atoms with Gasteiger partial charge in [-0.05, 0) is 58.1 Å². The Hall–Kier alpha value is -1.92. The predicted octanol–water partition coefficient (Wildman–Crippen LogP) is 2.39. The molecular weight excluding hydrogens is 319 g/mol. The number of hydrogen-bond donors (Lipinski definition) is 2. The smallest absolute Gasteiger partial charge is 0.255 e. The number of aromatic nitrogens is 2. The average molecular weight is 341 g/mol. The molecule has 0 saturated carbocycles. The van der Waals surface area contributed by atoms with Gasteiger partial charge in [0.15, 0.2) is 0 Å². The molecule has 126 valence electrons. The number of carbonyl (C=O) groups excluding carboxylic acids is 1. The molecule has 2 N–H and O–H groups in total. The Morgan fingerprint density at radius 3 is 2.48 bits per heavy atom. The molecule has 0 aliphatic rings. The monoisotopic (exact) mass is 340 g/mol. The molecule has 0 saturated heterocycles. The lowest BCUT2D eigenvalue weighted by molar-refractivity contribution is 0.0952. The van der Waals surface area contributed by atoms with E-state index in [2.05, 4.69) is 15.7 Å². The first-order chi connectivity index (χ1) is 10.5. The fourth-order valence-electron chi connectivity index (χ4n) is 2.36. The van der Waals surface area contributed by atoms with Gasteiger partial charge in [0.25, 0.3) is 5.91 Å². The molecule has 1 heterocycles. The lowest BCUT2D eigenvalue weighted by atomic mass is 10.2. The molecule has 2 aromatic rings. The molecule has 1 amide bonds. The number of rotatable bonds is 6. The van der Waals surface area contributed by atoms with Gasteiger partial charge in [0, 0.05) is 6.54 Å². The van der Waals surface area contributed by atoms with Crippen LogP contribution >= 0.6 is 12.4 Å². The van der Waals surface area contributed by atoms with E-state index in [4.69, 9.17) is 0 Å². The maximum atomic E-state index is 13.0. The van der Waals surface area contributed by atoms with Gasteiger partial charge >= 0.3 is 0 Å². The van der Waals surface area contributed by atoms with Crippen LogP contribution in [0.15, 0.2) is 24.3 Å². The van der Waals surface area contributed by atoms with Crippen molar-refractivity contribution in [3.63, 3.8) is 0 Å². The van der Waals surface area contributed by atoms with Crippen molar-refractivity contribution in [1.29, 1.82) is 0 Å². The van der Waals surface area contributed by atoms with Crippen LogP contribution in [0.4, 0.5) is 4.39 Å². The van der Waals surface area contributed by atoms with Crippen LogP contribution in [0, 0.1) is 19.7 Å². The Balaban J connectivity index is 0.00000264. The van der Waals surface area contributed by atoms with E-state index in [9.17, 15) is 9.18 Å². The van der Waals surface area contributed by atoms with Gasteiger partial charge in [-0.25, -0.2) is 9.07 Å². The Morgan fingerprint density at radius 1 is 1.22 bits per heavy atom. The standard InChI is InChI=1S/C16H21FN4O.ClH/c1-11-15(16(22)19-10-4-9-18-3)12(2)21(20-11)14-7-5-13(17)6-8-14;/h5-8,18H,4,9-10H2,1-3H3,(H,19,22);1H. The summed E-state index contributed by atoms with van der Waals surface area (Å²) >= 11 is 0. The molecule has 0 unspecified atom stereocenters. The second-order valence-electron chi connectivity index (χ2n) is 5.15. The summed E-state index contributed by atoms with van der Waals surface area (Å²) in [6.07, 6.45) is 0.867. The summed E-state index contributed by atoms with van der Waals surface area (Å²) in [5.74, 6) is -0.424. The highest BCUT2D eigenvalue weighted by atomic mass is 35.5. The molecule has 0 bridgehead atoms. The summed E-state index contributed by atoms with van der Waals surface area (Å²) in [7, 11) is 1.88. The third-order valence-corrected chi connectivity index (χ3v) is 3.48. The molecule has 0 aliphatic heterocycles. The minimum absolute atomic E-state index is 0. The van der Waals surface area contributed by atoms with Gasteiger partial charge < -0.3 is 10.6 Å². The van der Waals surface area contributed by atoms with Crippen molar-refractivity contribution in [3.8, 4) is 5.69 Å². The zero-order valence-corrected chi connectivity index (χ0v) is 14.3. The SMILES string of the molecule is CNCCCNC(=O)c1c(C)nn(-c2ccc(F)cc2)c1C.Cl. The van der Waals surface area contributed by atoms with E-state index in [0.717, 1.165) is 24.3 Å². The third-order valence-electron chi connectivity index (χ3n) is 3.48. The summed E-state index contributed by atoms with van der Waals surface area (Å²) in [6, 6.07) is 6.04. The average Bonchev–Trinajstić information content (AvgIpc) is 2.79. The molecule has 23 heavy (non-hydrogen) atoms. The van der Waals surface area contributed by atoms with Crippen molar-refractivity contribution < 1.29 is 9.18 Å². The number of benzene rings is 1. The molecule has 0 atom stereocenters. The predicted molar refractivity (Wildman–Crippen MR) is 91.1 cm³/mol. The van der Waals surface area contributed by atoms with Crippen molar-refractivity contribution in [3.05, 3.63) is 47.0 Å². The van der Waals surface area contributed by atoms with Crippen LogP contribution in [-0.2, 0) is 0 Å². The van der Waals surface area contributed by atoms with E-state index in [1.54, 1.807) is 23.7 Å². The Labute approximate surface area is 141 Å². The maximum Gasteiger partial charge on any atom is 0.255 e. The number of aryl methyl sites for hydroxylation is 1. The number of amides is 1. The quantitative estimate of drug-likeness (QED) is 0.794. The molecule has 0 spiro atoms. The summed E-state index contributed by atoms with van der Waals surface area (Å²) in [5, 5.41) is 10.3. The highest BCUT2D eigenvalue weighted by Gasteiger charge is 2.18. The van der Waals surface area contributed by atoms with Crippen molar-refractivity contribution in [2.24, 2.45) is 0 Å². The van der Waals surface area contributed by atoms with Crippen LogP contribution in [0.3, 0.4) is 0 Å². The number of halogens is 2. The van der Waals surface area contributed by atoms with E-state index < -0.39 is 0 Å². The molecule has 0 radical (unpaired) electrons. The van der Waals surface area contributed by atoms with Crippen LogP contribution in [0.1, 0.15) is 28.2 Å². The summed E-state index contributed by atoms with van der Waals surface area (Å²) in [4.78, 5) is 12.3. The third kappa shape index (κ3) is 4.53. The minimum atomic E-state index is -0.298. The Morgan fingerprint density at radius 2 is 1.87 bits per heavy atom. The largest absolute Gasteiger partial charge is 0.352 e. The van der Waals surface area contributed by atoms with E-state index >= 15 is 0 Å². The number of hydrogen-bond acceptors (Lipinski definition) is 3. The van der Waals surface area contributed by atoms with Crippen molar-refractivity contribution >= 4 is 18.3 Å². The van der Waals surface area contributed by atoms with Crippen LogP contribution < -0.4 is 10.6 Å². The molecule has 1 aromatic carbocycles. The van der Waals surface area contributed by atoms with Crippen molar-refractivity contribution in [2.75, 3.05) is 20.1 Å². The summed E-state index contributed by atoms with van der Waals surface area (Å²) in [5.41, 5.74) is 2.72. The second-order valence-corrected chi connectivity index (χ2v) is 5.15. The zero-order valence-electron chi connectivity index (χ0n) is 13.5. The molecule has 0 fully saturated rings. The first-order valence-electron chi connectivity index (χ1n) is 7.29. The number of nitrogens with one attached hydrogen (secondary N) is 2. The van der Waals surface area contributed by atoms with E-state index in [0.29, 0.717) is 17.8 Å². The summed E-state index contributed by atoms with van der Waals surface area (Å²) < 4.78 is 14.7. The van der Waals surface area contributed by atoms with Crippen molar-refractivity contribution in [1.82, 2.24) is 20.4 Å². The first kappa shape index (κ1) is 19.1. The topological polar surface area (TPSA) is 58.9 Å². The van der Waals surface area contributed by atoms with E-state index in [-0.39, 0.29) is 24.1 Å². The Bertz CT molecular complexity index is 655. The van der Waals surface area contributed by atoms with E-state index in [1.807, 2.05) is 14.0 Å². The van der Waals surface area contributed by atoms with Crippen LogP contribution in [0.2, 0.25) is 0 Å². The zero-order chi connectivity index (χ0) is 16.1. The lowest BCUT2D eigenvalue weighted by Crippen LogP contribution is -2.27. The number of nitrogens with zero attached hydrogens (tertiary/aromatic N) is 2. The second kappa shape index (κ2) is 8.64. The first-order valence-corrected chi connectivity index (χ1v) is 7.29. The molecule has 1 aromatic heterocycles. The van der Waals surface area contributed by atoms with Gasteiger partial charge in [-0.3, -0.25) is 4.79 Å². The van der Waals surface area contributed by atoms with Gasteiger partial charge in [-0.2, -0.15) is 5.10 Å². The molecule has 2 rings (SSSR count). The van der Waals surface area contributed by atoms with E-state index in [1.165, 1.54) is 12.1 Å². The van der Waals surface area contributed by atoms with Gasteiger partial charge in [0.1, 0.15) is 5.82 Å². The maximum absolute atomic E-state index is 13.0. The normalized spacial score (nSPS) is 10.3. The van der Waals surface area contributed by atoms with Crippen LogP contribution in [0.5, 0.6) is 0 Å². The molecule has 0 aliphatic carbocycles. The number of carbonyl (C=O) groups is 1.